The maximum Gasteiger partial charge on any atom is 0.153 e. The van der Waals surface area contributed by atoms with E-state index in [-0.39, 0.29) is 0 Å². The van der Waals surface area contributed by atoms with Crippen molar-refractivity contribution in [1.29, 1.82) is 0 Å². The van der Waals surface area contributed by atoms with Gasteiger partial charge in [-0.25, -0.2) is 9.67 Å². The molecule has 4 nitrogen and oxygen atoms in total. The lowest BCUT2D eigenvalue weighted by atomic mass is 10.1. The van der Waals surface area contributed by atoms with Crippen molar-refractivity contribution in [3.8, 4) is 17.1 Å². The van der Waals surface area contributed by atoms with Crippen molar-refractivity contribution >= 4 is 5.69 Å². The molecule has 0 saturated heterocycles. The van der Waals surface area contributed by atoms with Crippen LogP contribution in [0.2, 0.25) is 0 Å². The van der Waals surface area contributed by atoms with Crippen LogP contribution in [-0.4, -0.2) is 14.8 Å². The average molecular weight is 236 g/mol. The second-order valence-corrected chi connectivity index (χ2v) is 3.93. The fourth-order valence-corrected chi connectivity index (χ4v) is 1.81. The lowest BCUT2D eigenvalue weighted by Gasteiger charge is -1.98. The zero-order chi connectivity index (χ0) is 12.4. The molecule has 0 unspecified atom stereocenters. The molecule has 3 rings (SSSR count). The van der Waals surface area contributed by atoms with E-state index in [1.807, 2.05) is 48.5 Å². The van der Waals surface area contributed by atoms with E-state index in [4.69, 9.17) is 5.73 Å². The highest BCUT2D eigenvalue weighted by Crippen LogP contribution is 2.24. The molecule has 0 radical (unpaired) electrons. The molecule has 0 aliphatic carbocycles. The van der Waals surface area contributed by atoms with Gasteiger partial charge in [0.05, 0.1) is 11.9 Å². The van der Waals surface area contributed by atoms with E-state index < -0.39 is 0 Å². The van der Waals surface area contributed by atoms with Crippen LogP contribution in [0.3, 0.4) is 0 Å². The minimum Gasteiger partial charge on any atom is -0.396 e. The summed E-state index contributed by atoms with van der Waals surface area (Å²) in [6, 6.07) is 15.6. The van der Waals surface area contributed by atoms with Gasteiger partial charge in [-0.05, 0) is 12.1 Å². The van der Waals surface area contributed by atoms with Crippen molar-refractivity contribution in [3.05, 3.63) is 60.9 Å². The van der Waals surface area contributed by atoms with Crippen LogP contribution < -0.4 is 5.73 Å². The van der Waals surface area contributed by atoms with Crippen LogP contribution >= 0.6 is 0 Å². The van der Waals surface area contributed by atoms with E-state index >= 15 is 0 Å². The van der Waals surface area contributed by atoms with E-state index in [1.165, 1.54) is 0 Å². The molecule has 1 aromatic carbocycles. The number of nitrogens with two attached hydrogens (primary N) is 1. The average Bonchev–Trinajstić information content (AvgIpc) is 2.83. The molecule has 4 heteroatoms. The Hall–Kier alpha value is -2.62. The number of rotatable bonds is 2. The normalized spacial score (nSPS) is 10.4. The van der Waals surface area contributed by atoms with Crippen LogP contribution in [0.15, 0.2) is 60.9 Å². The van der Waals surface area contributed by atoms with Gasteiger partial charge in [-0.3, -0.25) is 0 Å². The molecular formula is C14H12N4. The van der Waals surface area contributed by atoms with Crippen molar-refractivity contribution in [2.45, 2.75) is 0 Å². The summed E-state index contributed by atoms with van der Waals surface area (Å²) in [4.78, 5) is 4.24. The van der Waals surface area contributed by atoms with Gasteiger partial charge >= 0.3 is 0 Å². The van der Waals surface area contributed by atoms with E-state index in [9.17, 15) is 0 Å². The standard InChI is InChI=1S/C14H12N4/c15-12-10-18(13-8-4-5-9-16-13)17-14(12)11-6-2-1-3-7-11/h1-10H,15H2. The fourth-order valence-electron chi connectivity index (χ4n) is 1.81. The maximum absolute atomic E-state index is 6.00. The molecule has 0 aliphatic heterocycles. The molecule has 0 spiro atoms. The largest absolute Gasteiger partial charge is 0.396 e. The Morgan fingerprint density at radius 2 is 1.72 bits per heavy atom. The van der Waals surface area contributed by atoms with Crippen LogP contribution in [0, 0.1) is 0 Å². The van der Waals surface area contributed by atoms with Gasteiger partial charge in [-0.15, -0.1) is 0 Å². The van der Waals surface area contributed by atoms with Crippen LogP contribution in [0.25, 0.3) is 17.1 Å². The summed E-state index contributed by atoms with van der Waals surface area (Å²) in [5, 5.41) is 4.48. The molecule has 2 heterocycles. The molecule has 88 valence electrons. The van der Waals surface area contributed by atoms with Crippen LogP contribution in [0.4, 0.5) is 5.69 Å². The Morgan fingerprint density at radius 1 is 0.944 bits per heavy atom. The van der Waals surface area contributed by atoms with Gasteiger partial charge < -0.3 is 5.73 Å². The Kier molecular flexibility index (Phi) is 2.53. The second kappa shape index (κ2) is 4.33. The Labute approximate surface area is 105 Å². The van der Waals surface area contributed by atoms with Gasteiger partial charge in [-0.1, -0.05) is 36.4 Å². The zero-order valence-electron chi connectivity index (χ0n) is 9.69. The van der Waals surface area contributed by atoms with Crippen molar-refractivity contribution in [2.75, 3.05) is 5.73 Å². The predicted molar refractivity (Wildman–Crippen MR) is 71.2 cm³/mol. The smallest absolute Gasteiger partial charge is 0.153 e. The lowest BCUT2D eigenvalue weighted by Crippen LogP contribution is -1.97. The van der Waals surface area contributed by atoms with Gasteiger partial charge in [0.2, 0.25) is 0 Å². The number of nitrogens with zero attached hydrogens (tertiary/aromatic N) is 3. The molecule has 2 N–H and O–H groups in total. The summed E-state index contributed by atoms with van der Waals surface area (Å²) in [5.41, 5.74) is 8.43. The molecule has 0 aliphatic rings. The number of hydrogen-bond donors (Lipinski definition) is 1. The van der Waals surface area contributed by atoms with Gasteiger partial charge in [0.1, 0.15) is 5.69 Å². The SMILES string of the molecule is Nc1cn(-c2ccccn2)nc1-c1ccccc1. The molecule has 0 fully saturated rings. The first-order valence-electron chi connectivity index (χ1n) is 5.66. The van der Waals surface area contributed by atoms with Crippen LogP contribution in [0.1, 0.15) is 0 Å². The van der Waals surface area contributed by atoms with Crippen molar-refractivity contribution < 1.29 is 0 Å². The van der Waals surface area contributed by atoms with E-state index in [1.54, 1.807) is 17.1 Å². The molecule has 2 aromatic heterocycles. The van der Waals surface area contributed by atoms with Crippen molar-refractivity contribution in [1.82, 2.24) is 14.8 Å². The Balaban J connectivity index is 2.07. The summed E-state index contributed by atoms with van der Waals surface area (Å²) in [7, 11) is 0. The molecule has 18 heavy (non-hydrogen) atoms. The highest BCUT2D eigenvalue weighted by atomic mass is 15.3. The van der Waals surface area contributed by atoms with E-state index in [0.29, 0.717) is 5.69 Å². The molecule has 0 atom stereocenters. The minimum absolute atomic E-state index is 0.645. The highest BCUT2D eigenvalue weighted by molar-refractivity contribution is 5.72. The third kappa shape index (κ3) is 1.84. The third-order valence-electron chi connectivity index (χ3n) is 2.67. The lowest BCUT2D eigenvalue weighted by molar-refractivity contribution is 0.850. The minimum atomic E-state index is 0.645. The second-order valence-electron chi connectivity index (χ2n) is 3.93. The van der Waals surface area contributed by atoms with Gasteiger partial charge in [0, 0.05) is 11.8 Å². The van der Waals surface area contributed by atoms with E-state index in [2.05, 4.69) is 10.1 Å². The summed E-state index contributed by atoms with van der Waals surface area (Å²) >= 11 is 0. The number of anilines is 1. The van der Waals surface area contributed by atoms with Gasteiger partial charge in [0.25, 0.3) is 0 Å². The van der Waals surface area contributed by atoms with E-state index in [0.717, 1.165) is 17.1 Å². The third-order valence-corrected chi connectivity index (χ3v) is 2.67. The summed E-state index contributed by atoms with van der Waals surface area (Å²) < 4.78 is 1.69. The quantitative estimate of drug-likeness (QED) is 0.743. The fraction of sp³-hybridized carbons (Fsp3) is 0. The highest BCUT2D eigenvalue weighted by Gasteiger charge is 2.09. The van der Waals surface area contributed by atoms with Crippen LogP contribution in [0.5, 0.6) is 0 Å². The molecule has 3 aromatic rings. The first-order chi connectivity index (χ1) is 8.84. The van der Waals surface area contributed by atoms with Crippen molar-refractivity contribution in [2.24, 2.45) is 0 Å². The molecule has 0 saturated carbocycles. The number of hydrogen-bond acceptors (Lipinski definition) is 3. The maximum atomic E-state index is 6.00. The molecular weight excluding hydrogens is 224 g/mol. The number of aromatic nitrogens is 3. The van der Waals surface area contributed by atoms with Crippen LogP contribution in [-0.2, 0) is 0 Å². The number of nitrogen functional groups attached to an aromatic ring is 1. The summed E-state index contributed by atoms with van der Waals surface area (Å²) in [5.74, 6) is 0.756. The van der Waals surface area contributed by atoms with Crippen molar-refractivity contribution in [3.63, 3.8) is 0 Å². The first kappa shape index (κ1) is 10.5. The summed E-state index contributed by atoms with van der Waals surface area (Å²) in [6.07, 6.45) is 3.51. The monoisotopic (exact) mass is 236 g/mol. The molecule has 0 amide bonds. The Bertz CT molecular complexity index is 644. The number of benzene rings is 1. The number of pyridine rings is 1. The zero-order valence-corrected chi connectivity index (χ0v) is 9.69. The predicted octanol–water partition coefficient (Wildman–Crippen LogP) is 2.52. The topological polar surface area (TPSA) is 56.7 Å². The Morgan fingerprint density at radius 3 is 2.44 bits per heavy atom. The van der Waals surface area contributed by atoms with Gasteiger partial charge in [-0.2, -0.15) is 5.10 Å². The molecule has 0 bridgehead atoms. The first-order valence-corrected chi connectivity index (χ1v) is 5.66. The van der Waals surface area contributed by atoms with Gasteiger partial charge in [0.15, 0.2) is 5.82 Å². The summed E-state index contributed by atoms with van der Waals surface area (Å²) in [6.45, 7) is 0.